The molecule has 4 aliphatic heterocycles. The maximum absolute atomic E-state index is 12.9. The van der Waals surface area contributed by atoms with E-state index in [-0.39, 0.29) is 64.6 Å². The van der Waals surface area contributed by atoms with Crippen molar-refractivity contribution in [2.75, 3.05) is 6.61 Å². The number of aliphatic hydroxyl groups is 5. The molecule has 12 aliphatic rings. The third-order valence-corrected chi connectivity index (χ3v) is 23.2. The summed E-state index contributed by atoms with van der Waals surface area (Å²) in [5, 5.41) is 59.4. The monoisotopic (exact) mass is 897 g/mol. The molecular formula is C54H76N2O9. The molecule has 8 aliphatic carbocycles. The summed E-state index contributed by atoms with van der Waals surface area (Å²) in [7, 11) is 0. The number of hydrogen-bond donors (Lipinski definition) is 5. The van der Waals surface area contributed by atoms with Crippen LogP contribution >= 0.6 is 0 Å². The van der Waals surface area contributed by atoms with Gasteiger partial charge in [-0.1, -0.05) is 64.8 Å². The molecule has 11 heteroatoms. The van der Waals surface area contributed by atoms with Gasteiger partial charge in [0.2, 0.25) is 5.79 Å². The van der Waals surface area contributed by atoms with Crippen molar-refractivity contribution in [3.05, 3.63) is 46.1 Å². The van der Waals surface area contributed by atoms with Gasteiger partial charge in [-0.15, -0.1) is 0 Å². The second kappa shape index (κ2) is 12.9. The molecule has 11 nitrogen and oxygen atoms in total. The van der Waals surface area contributed by atoms with Gasteiger partial charge in [0, 0.05) is 41.4 Å². The van der Waals surface area contributed by atoms with Crippen molar-refractivity contribution in [2.45, 2.75) is 205 Å². The fourth-order valence-corrected chi connectivity index (χ4v) is 19.4. The van der Waals surface area contributed by atoms with Crippen molar-refractivity contribution >= 4 is 0 Å². The average Bonchev–Trinajstić information content (AvgIpc) is 4.00. The van der Waals surface area contributed by atoms with E-state index in [0.29, 0.717) is 30.1 Å². The molecule has 5 heterocycles. The summed E-state index contributed by atoms with van der Waals surface area (Å²) in [6.07, 6.45) is 13.0. The Hall–Kier alpha value is -1.80. The second-order valence-electron chi connectivity index (χ2n) is 26.3. The fraction of sp³-hybridized carbons (Fsp3) is 0.852. The topological polar surface area (TPSA) is 164 Å². The SMILES string of the molecule is C[C@@H]1[C@]2(O[C@H]3C=C4[C@@H]5CC[C@H]6Cc7nc8c(nc7C[C@]6(C)[C@H]5C[C@@H](O)[C@]4(C)[C@]31O)C[C@@H]1CC[C@H]3C4=C[C@@H]5O[C@]6(CCC(C)(C)O6)[C@@H](C)[C@@H]5[C@@]4(C)[C@H](O)C[C@@H]3[C@@]1(C)C8)O[C@](C)(CO)C[C@H]2O. The second-order valence-corrected chi connectivity index (χ2v) is 26.3. The first-order valence-corrected chi connectivity index (χ1v) is 26.0. The van der Waals surface area contributed by atoms with Gasteiger partial charge in [0.05, 0.1) is 58.9 Å². The number of rotatable bonds is 1. The van der Waals surface area contributed by atoms with Crippen molar-refractivity contribution in [1.82, 2.24) is 9.97 Å². The minimum Gasteiger partial charge on any atom is -0.393 e. The number of aromatic nitrogens is 2. The van der Waals surface area contributed by atoms with E-state index in [1.54, 1.807) is 6.92 Å². The Morgan fingerprint density at radius 2 is 1.29 bits per heavy atom. The zero-order valence-electron chi connectivity index (χ0n) is 40.4. The molecule has 2 spiro atoms. The highest BCUT2D eigenvalue weighted by molar-refractivity contribution is 5.44. The lowest BCUT2D eigenvalue weighted by Crippen LogP contribution is -2.65. The Labute approximate surface area is 385 Å². The van der Waals surface area contributed by atoms with E-state index in [1.165, 1.54) is 22.7 Å². The lowest BCUT2D eigenvalue weighted by atomic mass is 9.44. The highest BCUT2D eigenvalue weighted by Gasteiger charge is 2.79. The number of ether oxygens (including phenoxy) is 4. The van der Waals surface area contributed by atoms with E-state index >= 15 is 0 Å². The molecule has 1 aromatic rings. The molecule has 4 saturated carbocycles. The zero-order valence-corrected chi connectivity index (χ0v) is 40.4. The third-order valence-electron chi connectivity index (χ3n) is 23.2. The molecule has 0 bridgehead atoms. The summed E-state index contributed by atoms with van der Waals surface area (Å²) in [6, 6.07) is 0. The molecule has 0 aromatic carbocycles. The van der Waals surface area contributed by atoms with E-state index in [4.69, 9.17) is 28.9 Å². The van der Waals surface area contributed by atoms with E-state index < -0.39 is 58.5 Å². The summed E-state index contributed by atoms with van der Waals surface area (Å²) in [5.74, 6) is -0.110. The van der Waals surface area contributed by atoms with Crippen molar-refractivity contribution in [3.8, 4) is 0 Å². The lowest BCUT2D eigenvalue weighted by molar-refractivity contribution is -0.280. The van der Waals surface area contributed by atoms with Gasteiger partial charge >= 0.3 is 0 Å². The molecule has 13 rings (SSSR count). The predicted molar refractivity (Wildman–Crippen MR) is 240 cm³/mol. The predicted octanol–water partition coefficient (Wildman–Crippen LogP) is 6.32. The van der Waals surface area contributed by atoms with E-state index in [2.05, 4.69) is 53.7 Å². The summed E-state index contributed by atoms with van der Waals surface area (Å²) in [4.78, 5) is 11.2. The van der Waals surface area contributed by atoms with Gasteiger partial charge in [0.1, 0.15) is 17.8 Å². The molecule has 65 heavy (non-hydrogen) atoms. The number of aliphatic hydroxyl groups excluding tert-OH is 4. The summed E-state index contributed by atoms with van der Waals surface area (Å²) >= 11 is 0. The summed E-state index contributed by atoms with van der Waals surface area (Å²) in [5.41, 5.74) is 3.25. The van der Waals surface area contributed by atoms with Crippen LogP contribution in [0.4, 0.5) is 0 Å². The van der Waals surface area contributed by atoms with Crippen LogP contribution in [-0.4, -0.2) is 101 Å². The highest BCUT2D eigenvalue weighted by atomic mass is 16.7. The van der Waals surface area contributed by atoms with Crippen LogP contribution in [0.25, 0.3) is 0 Å². The summed E-state index contributed by atoms with van der Waals surface area (Å²) < 4.78 is 26.7. The van der Waals surface area contributed by atoms with Gasteiger partial charge < -0.3 is 44.5 Å². The zero-order chi connectivity index (χ0) is 45.6. The van der Waals surface area contributed by atoms with Crippen LogP contribution in [0.15, 0.2) is 23.3 Å². The molecule has 22 atom stereocenters. The van der Waals surface area contributed by atoms with Crippen LogP contribution in [0.2, 0.25) is 0 Å². The molecule has 5 N–H and O–H groups in total. The first kappa shape index (κ1) is 43.2. The van der Waals surface area contributed by atoms with Gasteiger partial charge in [0.25, 0.3) is 0 Å². The lowest BCUT2D eigenvalue weighted by Gasteiger charge is -2.61. The van der Waals surface area contributed by atoms with Gasteiger partial charge in [-0.2, -0.15) is 0 Å². The Bertz CT molecular complexity index is 2320. The van der Waals surface area contributed by atoms with Crippen LogP contribution in [-0.2, 0) is 44.6 Å². The molecule has 8 fully saturated rings. The molecule has 356 valence electrons. The normalized spacial score (nSPS) is 58.4. The van der Waals surface area contributed by atoms with Gasteiger partial charge in [0.15, 0.2) is 5.79 Å². The maximum Gasteiger partial charge on any atom is 0.201 e. The van der Waals surface area contributed by atoms with Crippen molar-refractivity contribution in [3.63, 3.8) is 0 Å². The maximum atomic E-state index is 12.9. The Morgan fingerprint density at radius 1 is 0.692 bits per heavy atom. The van der Waals surface area contributed by atoms with Crippen LogP contribution in [0.3, 0.4) is 0 Å². The van der Waals surface area contributed by atoms with Crippen LogP contribution < -0.4 is 0 Å². The molecule has 0 unspecified atom stereocenters. The first-order chi connectivity index (χ1) is 30.5. The number of hydrogen-bond acceptors (Lipinski definition) is 11. The van der Waals surface area contributed by atoms with E-state index in [1.807, 2.05) is 13.8 Å². The van der Waals surface area contributed by atoms with Gasteiger partial charge in [-0.05, 0) is 138 Å². The van der Waals surface area contributed by atoms with E-state index in [0.717, 1.165) is 81.9 Å². The van der Waals surface area contributed by atoms with Crippen LogP contribution in [0.5, 0.6) is 0 Å². The van der Waals surface area contributed by atoms with E-state index in [9.17, 15) is 25.5 Å². The van der Waals surface area contributed by atoms with Crippen molar-refractivity contribution < 1.29 is 44.5 Å². The third kappa shape index (κ3) is 5.01. The Balaban J connectivity index is 0.769. The Kier molecular flexibility index (Phi) is 8.60. The molecule has 0 amide bonds. The van der Waals surface area contributed by atoms with Crippen molar-refractivity contribution in [1.29, 1.82) is 0 Å². The minimum atomic E-state index is -1.48. The standard InChI is InChI=1S/C54H76N2O9/c1-26-45-40(62-52(26)15-14-46(3,4)64-52)18-34-30-12-10-28-16-36-38(22-48(28,6)32(30)19-41(58)50(34,45)8)55-37-17-29-11-13-31-33(49(29,7)23-39(37)56-36)20-42(59)51(9)35(31)21-44-53(51,61)27(2)54(63-44)43(60)24-47(5,25-57)65-54/h18,21,26-33,40-45,57-61H,10-17,19-20,22-25H2,1-9H3/t26-,27-,28-,29-,30+,31+,32-,33-,40-,41+,42+,43+,44-,45-,47-,48-,49-,50+,51+,52-,53+,54-/m0/s1. The van der Waals surface area contributed by atoms with Crippen LogP contribution in [0, 0.1) is 74.9 Å². The average molecular weight is 897 g/mol. The van der Waals surface area contributed by atoms with Crippen molar-refractivity contribution in [2.24, 2.45) is 74.9 Å². The molecule has 0 radical (unpaired) electrons. The Morgan fingerprint density at radius 3 is 1.86 bits per heavy atom. The minimum absolute atomic E-state index is 0.0117. The molecular weight excluding hydrogens is 821 g/mol. The highest BCUT2D eigenvalue weighted by Crippen LogP contribution is 2.73. The number of nitrogens with zero attached hydrogens (tertiary/aromatic N) is 2. The first-order valence-electron chi connectivity index (χ1n) is 26.0. The molecule has 4 saturated heterocycles. The fourth-order valence-electron chi connectivity index (χ4n) is 19.4. The number of fused-ring (bicyclic) bond motifs is 16. The summed E-state index contributed by atoms with van der Waals surface area (Å²) in [6.45, 7) is 19.4. The van der Waals surface area contributed by atoms with Crippen LogP contribution in [0.1, 0.15) is 143 Å². The largest absolute Gasteiger partial charge is 0.393 e. The quantitative estimate of drug-likeness (QED) is 0.201. The van der Waals surface area contributed by atoms with Gasteiger partial charge in [-0.25, -0.2) is 0 Å². The van der Waals surface area contributed by atoms with Gasteiger partial charge in [-0.3, -0.25) is 9.97 Å². The smallest absolute Gasteiger partial charge is 0.201 e. The molecule has 1 aromatic heterocycles.